The number of hydrogen-bond acceptors (Lipinski definition) is 3. The molecule has 0 heterocycles. The Morgan fingerprint density at radius 3 is 2.35 bits per heavy atom. The van der Waals surface area contributed by atoms with Crippen LogP contribution >= 0.6 is 11.8 Å². The van der Waals surface area contributed by atoms with Crippen LogP contribution in [0.15, 0.2) is 53.4 Å². The van der Waals surface area contributed by atoms with E-state index in [1.807, 2.05) is 12.1 Å². The molecule has 0 fully saturated rings. The zero-order valence-electron chi connectivity index (χ0n) is 10.9. The number of phenols is 1. The highest BCUT2D eigenvalue weighted by molar-refractivity contribution is 7.99. The molecule has 0 aliphatic rings. The summed E-state index contributed by atoms with van der Waals surface area (Å²) < 4.78 is 12.7. The van der Waals surface area contributed by atoms with Crippen molar-refractivity contribution in [1.29, 1.82) is 0 Å². The van der Waals surface area contributed by atoms with Gasteiger partial charge in [0.2, 0.25) is 0 Å². The Kier molecular flexibility index (Phi) is 5.18. The van der Waals surface area contributed by atoms with Crippen molar-refractivity contribution in [1.82, 2.24) is 0 Å². The van der Waals surface area contributed by atoms with Gasteiger partial charge in [-0.15, -0.1) is 11.8 Å². The first-order chi connectivity index (χ1) is 9.65. The van der Waals surface area contributed by atoms with Gasteiger partial charge in [0.15, 0.2) is 5.78 Å². The van der Waals surface area contributed by atoms with Crippen molar-refractivity contribution in [3.05, 3.63) is 59.9 Å². The highest BCUT2D eigenvalue weighted by atomic mass is 32.2. The van der Waals surface area contributed by atoms with Gasteiger partial charge >= 0.3 is 0 Å². The Morgan fingerprint density at radius 2 is 1.70 bits per heavy atom. The van der Waals surface area contributed by atoms with Crippen molar-refractivity contribution in [3.8, 4) is 5.75 Å². The third kappa shape index (κ3) is 4.38. The summed E-state index contributed by atoms with van der Waals surface area (Å²) in [6.45, 7) is 0. The fraction of sp³-hybridized carbons (Fsp3) is 0.188. The molecule has 0 aliphatic heterocycles. The molecule has 0 unspecified atom stereocenters. The monoisotopic (exact) mass is 290 g/mol. The lowest BCUT2D eigenvalue weighted by Gasteiger charge is -2.03. The van der Waals surface area contributed by atoms with Crippen molar-refractivity contribution in [2.75, 3.05) is 5.75 Å². The average Bonchev–Trinajstić information content (AvgIpc) is 2.46. The number of carbonyl (C=O) groups excluding carboxylic acids is 1. The van der Waals surface area contributed by atoms with E-state index >= 15 is 0 Å². The van der Waals surface area contributed by atoms with Crippen molar-refractivity contribution < 1.29 is 14.3 Å². The number of ketones is 1. The second-order valence-electron chi connectivity index (χ2n) is 4.38. The largest absolute Gasteiger partial charge is 0.508 e. The molecular weight excluding hydrogens is 275 g/mol. The Morgan fingerprint density at radius 1 is 1.05 bits per heavy atom. The molecule has 0 bridgehead atoms. The summed E-state index contributed by atoms with van der Waals surface area (Å²) in [5.74, 6) is 0.791. The third-order valence-corrected chi connectivity index (χ3v) is 3.92. The first-order valence-electron chi connectivity index (χ1n) is 6.36. The summed E-state index contributed by atoms with van der Waals surface area (Å²) in [4.78, 5) is 12.9. The van der Waals surface area contributed by atoms with E-state index in [9.17, 15) is 9.18 Å². The number of hydrogen-bond donors (Lipinski definition) is 1. The number of rotatable bonds is 6. The van der Waals surface area contributed by atoms with Crippen molar-refractivity contribution in [2.24, 2.45) is 0 Å². The van der Waals surface area contributed by atoms with E-state index in [1.165, 1.54) is 24.3 Å². The number of Topliss-reactive ketones (excluding diaryl/α,β-unsaturated/α-hetero) is 1. The minimum atomic E-state index is -0.329. The summed E-state index contributed by atoms with van der Waals surface area (Å²) in [6.07, 6.45) is 1.22. The van der Waals surface area contributed by atoms with E-state index in [2.05, 4.69) is 0 Å². The van der Waals surface area contributed by atoms with Gasteiger partial charge in [-0.25, -0.2) is 4.39 Å². The van der Waals surface area contributed by atoms with Gasteiger partial charge in [-0.05, 0) is 60.7 Å². The van der Waals surface area contributed by atoms with Crippen LogP contribution in [0.4, 0.5) is 4.39 Å². The van der Waals surface area contributed by atoms with E-state index in [0.717, 1.165) is 17.1 Å². The Labute approximate surface area is 121 Å². The molecule has 1 N–H and O–H groups in total. The smallest absolute Gasteiger partial charge is 0.162 e. The summed E-state index contributed by atoms with van der Waals surface area (Å²) in [7, 11) is 0. The number of carbonyl (C=O) groups is 1. The molecule has 0 amide bonds. The van der Waals surface area contributed by atoms with E-state index in [0.29, 0.717) is 12.0 Å². The SMILES string of the molecule is O=C(CCCSc1ccc(O)cc1)c1ccc(F)cc1. The van der Waals surface area contributed by atoms with Crippen molar-refractivity contribution in [2.45, 2.75) is 17.7 Å². The van der Waals surface area contributed by atoms with E-state index < -0.39 is 0 Å². The fourth-order valence-electron chi connectivity index (χ4n) is 1.75. The van der Waals surface area contributed by atoms with Crippen LogP contribution in [0.5, 0.6) is 5.75 Å². The highest BCUT2D eigenvalue weighted by Crippen LogP contribution is 2.22. The minimum absolute atomic E-state index is 0.0382. The van der Waals surface area contributed by atoms with Gasteiger partial charge in [0.1, 0.15) is 11.6 Å². The van der Waals surface area contributed by atoms with Gasteiger partial charge in [0.25, 0.3) is 0 Å². The number of benzene rings is 2. The molecule has 0 aliphatic carbocycles. The van der Waals surface area contributed by atoms with Gasteiger partial charge in [0.05, 0.1) is 0 Å². The van der Waals surface area contributed by atoms with Crippen LogP contribution in [-0.2, 0) is 0 Å². The van der Waals surface area contributed by atoms with E-state index in [1.54, 1.807) is 23.9 Å². The van der Waals surface area contributed by atoms with Crippen LogP contribution in [0.3, 0.4) is 0 Å². The zero-order chi connectivity index (χ0) is 14.4. The van der Waals surface area contributed by atoms with Gasteiger partial charge in [-0.1, -0.05) is 0 Å². The minimum Gasteiger partial charge on any atom is -0.508 e. The van der Waals surface area contributed by atoms with Crippen LogP contribution < -0.4 is 0 Å². The van der Waals surface area contributed by atoms with Crippen LogP contribution in [-0.4, -0.2) is 16.6 Å². The summed E-state index contributed by atoms with van der Waals surface area (Å²) in [6, 6.07) is 12.6. The normalized spacial score (nSPS) is 10.4. The number of thioether (sulfide) groups is 1. The highest BCUT2D eigenvalue weighted by Gasteiger charge is 2.05. The molecular formula is C16H15FO2S. The van der Waals surface area contributed by atoms with Crippen LogP contribution in [0.25, 0.3) is 0 Å². The number of halogens is 1. The maximum Gasteiger partial charge on any atom is 0.162 e. The fourth-order valence-corrected chi connectivity index (χ4v) is 2.60. The predicted molar refractivity (Wildman–Crippen MR) is 78.8 cm³/mol. The molecule has 4 heteroatoms. The quantitative estimate of drug-likeness (QED) is 0.490. The summed E-state index contributed by atoms with van der Waals surface area (Å²) in [5, 5.41) is 9.17. The molecule has 0 atom stereocenters. The van der Waals surface area contributed by atoms with Gasteiger partial charge < -0.3 is 5.11 Å². The Bertz CT molecular complexity index is 564. The first-order valence-corrected chi connectivity index (χ1v) is 7.34. The number of phenolic OH excluding ortho intramolecular Hbond substituents is 1. The second kappa shape index (κ2) is 7.10. The molecule has 2 rings (SSSR count). The lowest BCUT2D eigenvalue weighted by Crippen LogP contribution is -1.99. The molecule has 2 nitrogen and oxygen atoms in total. The van der Waals surface area contributed by atoms with Gasteiger partial charge in [-0.3, -0.25) is 4.79 Å². The van der Waals surface area contributed by atoms with Gasteiger partial charge in [0, 0.05) is 16.9 Å². The molecule has 0 spiro atoms. The molecule has 0 aromatic heterocycles. The molecule has 20 heavy (non-hydrogen) atoms. The topological polar surface area (TPSA) is 37.3 Å². The molecule has 0 saturated carbocycles. The van der Waals surface area contributed by atoms with Gasteiger partial charge in [-0.2, -0.15) is 0 Å². The lowest BCUT2D eigenvalue weighted by molar-refractivity contribution is 0.0982. The third-order valence-electron chi connectivity index (χ3n) is 2.82. The molecule has 2 aromatic rings. The van der Waals surface area contributed by atoms with E-state index in [-0.39, 0.29) is 17.3 Å². The van der Waals surface area contributed by atoms with Crippen molar-refractivity contribution in [3.63, 3.8) is 0 Å². The molecule has 0 radical (unpaired) electrons. The van der Waals surface area contributed by atoms with Crippen LogP contribution in [0, 0.1) is 5.82 Å². The summed E-state index contributed by atoms with van der Waals surface area (Å²) in [5.41, 5.74) is 0.557. The predicted octanol–water partition coefficient (Wildman–Crippen LogP) is 4.29. The Balaban J connectivity index is 1.74. The molecule has 2 aromatic carbocycles. The first kappa shape index (κ1) is 14.6. The standard InChI is InChI=1S/C16H15FO2S/c17-13-5-3-12(4-6-13)16(19)2-1-11-20-15-9-7-14(18)8-10-15/h3-10,18H,1-2,11H2. The zero-order valence-corrected chi connectivity index (χ0v) is 11.7. The van der Waals surface area contributed by atoms with Crippen LogP contribution in [0.1, 0.15) is 23.2 Å². The van der Waals surface area contributed by atoms with Crippen LogP contribution in [0.2, 0.25) is 0 Å². The molecule has 104 valence electrons. The van der Waals surface area contributed by atoms with E-state index in [4.69, 9.17) is 5.11 Å². The Hall–Kier alpha value is -1.81. The maximum absolute atomic E-state index is 12.7. The summed E-state index contributed by atoms with van der Waals surface area (Å²) >= 11 is 1.65. The maximum atomic E-state index is 12.7. The average molecular weight is 290 g/mol. The second-order valence-corrected chi connectivity index (χ2v) is 5.54. The molecule has 0 saturated heterocycles. The van der Waals surface area contributed by atoms with Crippen molar-refractivity contribution >= 4 is 17.5 Å². The number of aromatic hydroxyl groups is 1. The lowest BCUT2D eigenvalue weighted by atomic mass is 10.1.